The molecule has 0 saturated heterocycles. The van der Waals surface area contributed by atoms with Crippen molar-refractivity contribution in [2.75, 3.05) is 11.5 Å². The number of unbranched alkanes of at least 4 members (excludes halogenated alkanes) is 7. The summed E-state index contributed by atoms with van der Waals surface area (Å²) in [6, 6.07) is 0. The van der Waals surface area contributed by atoms with E-state index < -0.39 is 27.5 Å². The summed E-state index contributed by atoms with van der Waals surface area (Å²) >= 11 is -3.47. The van der Waals surface area contributed by atoms with E-state index in [9.17, 15) is 19.8 Å². The maximum atomic E-state index is 11.9. The number of hydrogen-bond donors (Lipinski definition) is 2. The molecule has 35 heavy (non-hydrogen) atoms. The van der Waals surface area contributed by atoms with Gasteiger partial charge in [-0.05, 0) is 0 Å². The molecule has 0 amide bonds. The van der Waals surface area contributed by atoms with Gasteiger partial charge in [0.2, 0.25) is 0 Å². The summed E-state index contributed by atoms with van der Waals surface area (Å²) < 4.78 is 1.19. The summed E-state index contributed by atoms with van der Waals surface area (Å²) in [4.78, 5) is 23.7. The Hall–Kier alpha value is 0.439. The van der Waals surface area contributed by atoms with Gasteiger partial charge < -0.3 is 0 Å². The van der Waals surface area contributed by atoms with Crippen molar-refractivity contribution in [1.29, 1.82) is 0 Å². The van der Waals surface area contributed by atoms with Crippen molar-refractivity contribution in [3.05, 3.63) is 0 Å². The van der Waals surface area contributed by atoms with Crippen LogP contribution in [0.1, 0.15) is 131 Å². The van der Waals surface area contributed by atoms with Gasteiger partial charge in [-0.25, -0.2) is 0 Å². The monoisotopic (exact) mass is 640 g/mol. The van der Waals surface area contributed by atoms with Gasteiger partial charge in [-0.1, -0.05) is 0 Å². The van der Waals surface area contributed by atoms with Crippen LogP contribution in [0.25, 0.3) is 0 Å². The van der Waals surface area contributed by atoms with Crippen molar-refractivity contribution in [1.82, 2.24) is 0 Å². The molecule has 0 aromatic rings. The molecule has 4 nitrogen and oxygen atoms in total. The third-order valence-corrected chi connectivity index (χ3v) is 43.0. The molecule has 0 saturated carbocycles. The summed E-state index contributed by atoms with van der Waals surface area (Å²) in [5.74, 6) is -0.224. The van der Waals surface area contributed by atoms with Crippen LogP contribution in [0.5, 0.6) is 0 Å². The molecule has 7 heteroatoms. The zero-order valence-electron chi connectivity index (χ0n) is 23.7. The molecule has 0 aromatic heterocycles. The second kappa shape index (κ2) is 20.4. The number of carboxylic acids is 2. The Morgan fingerprint density at radius 3 is 1.46 bits per heavy atom. The van der Waals surface area contributed by atoms with E-state index in [0.717, 1.165) is 30.1 Å². The summed E-state index contributed by atoms with van der Waals surface area (Å²) in [6.07, 6.45) is 16.7. The molecule has 208 valence electrons. The molecule has 0 spiro atoms. The van der Waals surface area contributed by atoms with E-state index >= 15 is 0 Å². The van der Waals surface area contributed by atoms with Gasteiger partial charge in [0.05, 0.1) is 0 Å². The van der Waals surface area contributed by atoms with Gasteiger partial charge in [-0.3, -0.25) is 0 Å². The molecule has 0 rings (SSSR count). The summed E-state index contributed by atoms with van der Waals surface area (Å²) in [5, 5.41) is 19.5. The van der Waals surface area contributed by atoms with E-state index in [1.54, 1.807) is 17.9 Å². The molecule has 0 aliphatic carbocycles. The zero-order chi connectivity index (χ0) is 26.7. The van der Waals surface area contributed by atoms with Crippen LogP contribution in [0.3, 0.4) is 0 Å². The molecule has 2 unspecified atom stereocenters. The Morgan fingerprint density at radius 1 is 0.686 bits per heavy atom. The summed E-state index contributed by atoms with van der Waals surface area (Å²) in [7, 11) is 3.52. The third kappa shape index (κ3) is 12.2. The van der Waals surface area contributed by atoms with Crippen molar-refractivity contribution in [2.45, 2.75) is 139 Å². The first-order valence-corrected chi connectivity index (χ1v) is 26.8. The summed E-state index contributed by atoms with van der Waals surface area (Å²) in [6.45, 7) is 13.9. The second-order valence-electron chi connectivity index (χ2n) is 10.5. The molecule has 0 fully saturated rings. The average molecular weight is 640 g/mol. The van der Waals surface area contributed by atoms with Crippen molar-refractivity contribution in [3.63, 3.8) is 0 Å². The topological polar surface area (TPSA) is 74.6 Å². The number of carboxylic acid groups (broad SMARTS) is 2. The standard InChI is InChI=1S/C20H41.C4H9.2C2H4O2S.Sn/c1-6-9-11-13-16-18(4)20(15-8-3)19(5)17-14-12-10-7-2;1-3-4-2;2*3-2(4)1-5;/h18-19H,6-17H2,1-5H3;1,3-4H2,2H3;2*5H,1H2,(H,3,4);/q;;;;+2/p-2. The average Bonchev–Trinajstić information content (AvgIpc) is 2.82. The normalized spacial score (nSPS) is 15.5. The van der Waals surface area contributed by atoms with Gasteiger partial charge in [0.1, 0.15) is 0 Å². The van der Waals surface area contributed by atoms with Crippen molar-refractivity contribution in [3.8, 4) is 0 Å². The molecular formula is C28H56O4S2Sn. The Labute approximate surface area is 226 Å². The van der Waals surface area contributed by atoms with Gasteiger partial charge in [-0.2, -0.15) is 0 Å². The van der Waals surface area contributed by atoms with E-state index in [0.29, 0.717) is 11.8 Å². The third-order valence-electron chi connectivity index (χ3n) is 7.83. The predicted octanol–water partition coefficient (Wildman–Crippen LogP) is 9.62. The van der Waals surface area contributed by atoms with Crippen LogP contribution in [0.15, 0.2) is 0 Å². The predicted molar refractivity (Wildman–Crippen MR) is 159 cm³/mol. The molecule has 0 aromatic carbocycles. The van der Waals surface area contributed by atoms with Gasteiger partial charge in [0.25, 0.3) is 0 Å². The molecule has 2 N–H and O–H groups in total. The molecular weight excluding hydrogens is 583 g/mol. The van der Waals surface area contributed by atoms with Crippen molar-refractivity contribution < 1.29 is 19.8 Å². The zero-order valence-corrected chi connectivity index (χ0v) is 28.2. The first-order valence-electron chi connectivity index (χ1n) is 14.4. The van der Waals surface area contributed by atoms with Crippen LogP contribution in [0.4, 0.5) is 0 Å². The Bertz CT molecular complexity index is 537. The molecule has 0 aliphatic rings. The van der Waals surface area contributed by atoms with Gasteiger partial charge >= 0.3 is 228 Å². The maximum absolute atomic E-state index is 11.9. The molecule has 0 heterocycles. The first kappa shape index (κ1) is 35.4. The van der Waals surface area contributed by atoms with Crippen LogP contribution in [0.2, 0.25) is 7.87 Å². The SMILES string of the molecule is CCCCCCC(C)[C](CCC)(C(C)CCCCCC)[Sn]([CH2]CCC)([S]CC(=O)O)[S]CC(=O)O. The van der Waals surface area contributed by atoms with E-state index in [1.165, 1.54) is 64.2 Å². The quantitative estimate of drug-likeness (QED) is 0.0810. The van der Waals surface area contributed by atoms with Crippen molar-refractivity contribution >= 4 is 45.4 Å². The van der Waals surface area contributed by atoms with Crippen LogP contribution in [0, 0.1) is 11.8 Å². The van der Waals surface area contributed by atoms with Gasteiger partial charge in [0, 0.05) is 0 Å². The first-order chi connectivity index (χ1) is 16.7. The Kier molecular flexibility index (Phi) is 20.7. The minimum absolute atomic E-state index is 0.108. The Morgan fingerprint density at radius 2 is 1.11 bits per heavy atom. The van der Waals surface area contributed by atoms with Crippen LogP contribution in [-0.4, -0.2) is 49.3 Å². The van der Waals surface area contributed by atoms with Gasteiger partial charge in [-0.15, -0.1) is 0 Å². The van der Waals surface area contributed by atoms with E-state index in [4.69, 9.17) is 0 Å². The molecule has 0 radical (unpaired) electrons. The minimum atomic E-state index is -3.47. The van der Waals surface area contributed by atoms with E-state index in [2.05, 4.69) is 41.5 Å². The molecule has 2 atom stereocenters. The fourth-order valence-electron chi connectivity index (χ4n) is 6.06. The molecule has 0 aliphatic heterocycles. The Balaban J connectivity index is 6.61. The summed E-state index contributed by atoms with van der Waals surface area (Å²) in [5.41, 5.74) is 0. The number of aliphatic carboxylic acids is 2. The van der Waals surface area contributed by atoms with E-state index in [1.807, 2.05) is 0 Å². The fourth-order valence-corrected chi connectivity index (χ4v) is 44.9. The number of rotatable bonds is 24. The number of carbonyl (C=O) groups is 2. The fraction of sp³-hybridized carbons (Fsp3) is 0.929. The van der Waals surface area contributed by atoms with Crippen LogP contribution < -0.4 is 0 Å². The van der Waals surface area contributed by atoms with Gasteiger partial charge in [0.15, 0.2) is 0 Å². The second-order valence-corrected chi connectivity index (χ2v) is 36.1. The van der Waals surface area contributed by atoms with Crippen LogP contribution >= 0.6 is 17.9 Å². The van der Waals surface area contributed by atoms with Crippen molar-refractivity contribution in [2.24, 2.45) is 11.8 Å². The van der Waals surface area contributed by atoms with Crippen LogP contribution in [-0.2, 0) is 9.59 Å². The van der Waals surface area contributed by atoms with E-state index in [-0.39, 0.29) is 14.9 Å². The molecule has 0 bridgehead atoms. The number of hydrogen-bond acceptors (Lipinski definition) is 4.